The van der Waals surface area contributed by atoms with E-state index in [0.717, 1.165) is 51.3 Å². The Kier molecular flexibility index (Phi) is 7.46. The average Bonchev–Trinajstić information content (AvgIpc) is 2.54. The van der Waals surface area contributed by atoms with Crippen LogP contribution in [-0.2, 0) is 4.79 Å². The maximum Gasteiger partial charge on any atom is 0.230 e. The minimum Gasteiger partial charge on any atom is -0.368 e. The summed E-state index contributed by atoms with van der Waals surface area (Å²) in [5.41, 5.74) is 2.28. The maximum absolute atomic E-state index is 12.8. The van der Waals surface area contributed by atoms with E-state index in [2.05, 4.69) is 35.3 Å². The molecule has 1 N–H and O–H groups in total. The van der Waals surface area contributed by atoms with Crippen molar-refractivity contribution in [2.75, 3.05) is 42.5 Å². The molecule has 0 aromatic heterocycles. The van der Waals surface area contributed by atoms with Gasteiger partial charge in [0.25, 0.3) is 0 Å². The predicted molar refractivity (Wildman–Crippen MR) is 96.8 cm³/mol. The Morgan fingerprint density at radius 1 is 1.14 bits per heavy atom. The van der Waals surface area contributed by atoms with Crippen molar-refractivity contribution in [3.63, 3.8) is 0 Å². The van der Waals surface area contributed by atoms with Crippen LogP contribution in [0.15, 0.2) is 24.3 Å². The van der Waals surface area contributed by atoms with E-state index in [4.69, 9.17) is 0 Å². The molecule has 0 atom stereocenters. The van der Waals surface area contributed by atoms with Gasteiger partial charge in [0.15, 0.2) is 0 Å². The molecule has 1 aromatic rings. The number of amides is 1. The van der Waals surface area contributed by atoms with Crippen molar-refractivity contribution in [1.82, 2.24) is 5.32 Å². The van der Waals surface area contributed by atoms with Gasteiger partial charge in [0.2, 0.25) is 5.91 Å². The van der Waals surface area contributed by atoms with Gasteiger partial charge in [0.1, 0.15) is 0 Å². The molecule has 2 aliphatic rings. The fourth-order valence-electron chi connectivity index (χ4n) is 3.27. The number of rotatable bonds is 2. The minimum atomic E-state index is 0. The van der Waals surface area contributed by atoms with Gasteiger partial charge in [0.05, 0.1) is 11.4 Å². The highest BCUT2D eigenvalue weighted by atomic mass is 35.5. The highest BCUT2D eigenvalue weighted by Crippen LogP contribution is 2.34. The van der Waals surface area contributed by atoms with Gasteiger partial charge in [-0.25, -0.2) is 0 Å². The van der Waals surface area contributed by atoms with E-state index in [1.807, 2.05) is 11.0 Å². The van der Waals surface area contributed by atoms with Crippen LogP contribution in [0.1, 0.15) is 19.8 Å². The van der Waals surface area contributed by atoms with Gasteiger partial charge in [-0.1, -0.05) is 12.1 Å². The first-order valence-electron chi connectivity index (χ1n) is 7.67. The number of carbonyl (C=O) groups excluding carboxylic acids is 1. The molecule has 0 bridgehead atoms. The number of piperidine rings is 1. The number of para-hydroxylation sites is 2. The molecule has 0 saturated carbocycles. The van der Waals surface area contributed by atoms with Crippen molar-refractivity contribution < 1.29 is 4.79 Å². The number of benzene rings is 1. The molecule has 22 heavy (non-hydrogen) atoms. The van der Waals surface area contributed by atoms with Crippen LogP contribution in [0.2, 0.25) is 0 Å². The van der Waals surface area contributed by atoms with Gasteiger partial charge in [-0.2, -0.15) is 0 Å². The Hall–Kier alpha value is -0.970. The van der Waals surface area contributed by atoms with E-state index in [9.17, 15) is 4.79 Å². The molecule has 0 unspecified atom stereocenters. The lowest BCUT2D eigenvalue weighted by Gasteiger charge is -2.39. The lowest BCUT2D eigenvalue weighted by atomic mass is 9.95. The summed E-state index contributed by atoms with van der Waals surface area (Å²) in [6, 6.07) is 8.29. The molecule has 1 saturated heterocycles. The second kappa shape index (κ2) is 8.61. The molecular weight excluding hydrogens is 321 g/mol. The highest BCUT2D eigenvalue weighted by molar-refractivity contribution is 5.99. The molecule has 2 aliphatic heterocycles. The lowest BCUT2D eigenvalue weighted by molar-refractivity contribution is -0.123. The molecule has 6 heteroatoms. The first-order valence-corrected chi connectivity index (χ1v) is 7.67. The molecule has 1 aromatic carbocycles. The Labute approximate surface area is 145 Å². The quantitative estimate of drug-likeness (QED) is 0.894. The first-order chi connectivity index (χ1) is 9.81. The molecule has 1 amide bonds. The number of halogens is 2. The standard InChI is InChI=1S/C16H23N3O.2ClH/c1-2-18-11-12-19(15-6-4-3-5-14(15)18)16(20)13-7-9-17-10-8-13;;/h3-6,13,17H,2,7-12H2,1H3;2*1H. The number of likely N-dealkylation sites (N-methyl/N-ethyl adjacent to an activating group) is 1. The van der Waals surface area contributed by atoms with Crippen LogP contribution in [0.5, 0.6) is 0 Å². The first kappa shape index (κ1) is 19.1. The smallest absolute Gasteiger partial charge is 0.230 e. The van der Waals surface area contributed by atoms with E-state index < -0.39 is 0 Å². The van der Waals surface area contributed by atoms with Crippen LogP contribution in [0.25, 0.3) is 0 Å². The van der Waals surface area contributed by atoms with E-state index in [1.54, 1.807) is 0 Å². The third-order valence-corrected chi connectivity index (χ3v) is 4.44. The number of fused-ring (bicyclic) bond motifs is 1. The Balaban J connectivity index is 0.00000121. The van der Waals surface area contributed by atoms with Gasteiger partial charge in [0, 0.05) is 25.6 Å². The normalized spacial score (nSPS) is 18.0. The van der Waals surface area contributed by atoms with Crippen LogP contribution in [0.3, 0.4) is 0 Å². The molecule has 0 spiro atoms. The van der Waals surface area contributed by atoms with Crippen molar-refractivity contribution in [2.45, 2.75) is 19.8 Å². The second-order valence-corrected chi connectivity index (χ2v) is 5.58. The third-order valence-electron chi connectivity index (χ3n) is 4.44. The number of nitrogens with one attached hydrogen (secondary N) is 1. The van der Waals surface area contributed by atoms with E-state index in [-0.39, 0.29) is 30.7 Å². The number of hydrogen-bond acceptors (Lipinski definition) is 3. The van der Waals surface area contributed by atoms with Crippen LogP contribution in [0, 0.1) is 5.92 Å². The van der Waals surface area contributed by atoms with Crippen molar-refractivity contribution >= 4 is 42.1 Å². The van der Waals surface area contributed by atoms with Gasteiger partial charge in [-0.15, -0.1) is 24.8 Å². The summed E-state index contributed by atoms with van der Waals surface area (Å²) in [6.07, 6.45) is 1.93. The zero-order valence-corrected chi connectivity index (χ0v) is 14.6. The zero-order chi connectivity index (χ0) is 13.9. The lowest BCUT2D eigenvalue weighted by Crippen LogP contribution is -2.47. The fourth-order valence-corrected chi connectivity index (χ4v) is 3.27. The average molecular weight is 346 g/mol. The summed E-state index contributed by atoms with van der Waals surface area (Å²) >= 11 is 0. The predicted octanol–water partition coefficient (Wildman–Crippen LogP) is 2.70. The van der Waals surface area contributed by atoms with E-state index in [0.29, 0.717) is 5.91 Å². The molecule has 124 valence electrons. The fraction of sp³-hybridized carbons (Fsp3) is 0.562. The van der Waals surface area contributed by atoms with Crippen molar-refractivity contribution in [1.29, 1.82) is 0 Å². The van der Waals surface area contributed by atoms with Crippen LogP contribution in [0.4, 0.5) is 11.4 Å². The largest absolute Gasteiger partial charge is 0.368 e. The van der Waals surface area contributed by atoms with Gasteiger partial charge in [-0.3, -0.25) is 4.79 Å². The summed E-state index contributed by atoms with van der Waals surface area (Å²) in [5, 5.41) is 3.33. The zero-order valence-electron chi connectivity index (χ0n) is 13.0. The highest BCUT2D eigenvalue weighted by Gasteiger charge is 2.31. The van der Waals surface area contributed by atoms with Gasteiger partial charge in [-0.05, 0) is 45.0 Å². The summed E-state index contributed by atoms with van der Waals surface area (Å²) in [5.74, 6) is 0.507. The maximum atomic E-state index is 12.8. The van der Waals surface area contributed by atoms with E-state index in [1.165, 1.54) is 5.69 Å². The Morgan fingerprint density at radius 2 is 1.77 bits per heavy atom. The van der Waals surface area contributed by atoms with Crippen molar-refractivity contribution in [3.8, 4) is 0 Å². The van der Waals surface area contributed by atoms with Crippen LogP contribution in [-0.4, -0.2) is 38.6 Å². The van der Waals surface area contributed by atoms with Crippen LogP contribution < -0.4 is 15.1 Å². The molecule has 3 rings (SSSR count). The summed E-state index contributed by atoms with van der Waals surface area (Å²) in [6.45, 7) is 6.84. The molecule has 1 fully saturated rings. The second-order valence-electron chi connectivity index (χ2n) is 5.58. The SMILES string of the molecule is CCN1CCN(C(=O)C2CCNCC2)c2ccccc21.Cl.Cl. The molecular formula is C16H25Cl2N3O. The number of carbonyl (C=O) groups is 1. The topological polar surface area (TPSA) is 35.6 Å². The summed E-state index contributed by atoms with van der Waals surface area (Å²) < 4.78 is 0. The van der Waals surface area contributed by atoms with Gasteiger partial charge >= 0.3 is 0 Å². The summed E-state index contributed by atoms with van der Waals surface area (Å²) in [4.78, 5) is 17.2. The molecule has 2 heterocycles. The monoisotopic (exact) mass is 345 g/mol. The van der Waals surface area contributed by atoms with E-state index >= 15 is 0 Å². The minimum absolute atomic E-state index is 0. The van der Waals surface area contributed by atoms with Crippen molar-refractivity contribution in [3.05, 3.63) is 24.3 Å². The number of anilines is 2. The Bertz CT molecular complexity index is 492. The molecule has 0 aliphatic carbocycles. The molecule has 4 nitrogen and oxygen atoms in total. The summed E-state index contributed by atoms with van der Waals surface area (Å²) in [7, 11) is 0. The molecule has 0 radical (unpaired) electrons. The Morgan fingerprint density at radius 3 is 2.41 bits per heavy atom. The van der Waals surface area contributed by atoms with Crippen LogP contribution >= 0.6 is 24.8 Å². The number of nitrogens with zero attached hydrogens (tertiary/aromatic N) is 2. The number of hydrogen-bond donors (Lipinski definition) is 1. The third kappa shape index (κ3) is 3.67. The van der Waals surface area contributed by atoms with Crippen molar-refractivity contribution in [2.24, 2.45) is 5.92 Å². The van der Waals surface area contributed by atoms with Gasteiger partial charge < -0.3 is 15.1 Å².